The fourth-order valence-electron chi connectivity index (χ4n) is 1.89. The number of anilines is 2. The van der Waals surface area contributed by atoms with Gasteiger partial charge in [-0.2, -0.15) is 0 Å². The molecule has 1 aromatic carbocycles. The second-order valence-electron chi connectivity index (χ2n) is 4.35. The SMILES string of the molecule is C=CCNC(=O)c1cnc(N(CC)c2ccccc2)nc1. The highest BCUT2D eigenvalue weighted by atomic mass is 16.1. The Balaban J connectivity index is 2.17. The number of aromatic nitrogens is 2. The normalized spacial score (nSPS) is 9.95. The Kier molecular flexibility index (Phi) is 5.04. The number of carbonyl (C=O) groups is 1. The molecule has 0 radical (unpaired) electrons. The van der Waals surface area contributed by atoms with Crippen LogP contribution in [0.2, 0.25) is 0 Å². The van der Waals surface area contributed by atoms with E-state index in [1.54, 1.807) is 6.08 Å². The third-order valence-electron chi connectivity index (χ3n) is 2.93. The van der Waals surface area contributed by atoms with Gasteiger partial charge in [0.05, 0.1) is 5.56 Å². The number of nitrogens with one attached hydrogen (secondary N) is 1. The van der Waals surface area contributed by atoms with Crippen molar-refractivity contribution in [3.05, 3.63) is 60.9 Å². The van der Waals surface area contributed by atoms with Crippen LogP contribution in [0.3, 0.4) is 0 Å². The van der Waals surface area contributed by atoms with Crippen molar-refractivity contribution < 1.29 is 4.79 Å². The average Bonchev–Trinajstić information content (AvgIpc) is 2.55. The highest BCUT2D eigenvalue weighted by Gasteiger charge is 2.11. The molecule has 5 nitrogen and oxygen atoms in total. The Morgan fingerprint density at radius 3 is 2.52 bits per heavy atom. The zero-order valence-electron chi connectivity index (χ0n) is 12.0. The molecule has 0 spiro atoms. The first kappa shape index (κ1) is 14.7. The first-order chi connectivity index (χ1) is 10.3. The van der Waals surface area contributed by atoms with E-state index in [2.05, 4.69) is 21.9 Å². The lowest BCUT2D eigenvalue weighted by atomic mass is 10.3. The Hall–Kier alpha value is -2.69. The predicted molar refractivity (Wildman–Crippen MR) is 83.7 cm³/mol. The van der Waals surface area contributed by atoms with Crippen molar-refractivity contribution in [2.75, 3.05) is 18.0 Å². The summed E-state index contributed by atoms with van der Waals surface area (Å²) in [5.74, 6) is 0.369. The summed E-state index contributed by atoms with van der Waals surface area (Å²) in [6.07, 6.45) is 4.69. The molecule has 108 valence electrons. The zero-order valence-corrected chi connectivity index (χ0v) is 12.0. The number of benzene rings is 1. The highest BCUT2D eigenvalue weighted by Crippen LogP contribution is 2.20. The maximum atomic E-state index is 11.8. The molecule has 21 heavy (non-hydrogen) atoms. The lowest BCUT2D eigenvalue weighted by Crippen LogP contribution is -2.24. The molecule has 5 heteroatoms. The summed E-state index contributed by atoms with van der Waals surface area (Å²) in [7, 11) is 0. The molecular weight excluding hydrogens is 264 g/mol. The molecule has 1 N–H and O–H groups in total. The second-order valence-corrected chi connectivity index (χ2v) is 4.35. The number of amides is 1. The summed E-state index contributed by atoms with van der Waals surface area (Å²) in [4.78, 5) is 22.3. The molecule has 0 aliphatic heterocycles. The third kappa shape index (κ3) is 3.66. The Morgan fingerprint density at radius 1 is 1.29 bits per heavy atom. The molecule has 1 amide bonds. The molecule has 0 saturated heterocycles. The first-order valence-corrected chi connectivity index (χ1v) is 6.80. The smallest absolute Gasteiger partial charge is 0.254 e. The van der Waals surface area contributed by atoms with Crippen molar-refractivity contribution in [2.24, 2.45) is 0 Å². The molecule has 2 rings (SSSR count). The van der Waals surface area contributed by atoms with Crippen molar-refractivity contribution >= 4 is 17.5 Å². The number of hydrogen-bond acceptors (Lipinski definition) is 4. The number of nitrogens with zero attached hydrogens (tertiary/aromatic N) is 3. The lowest BCUT2D eigenvalue weighted by molar-refractivity contribution is 0.0957. The van der Waals surface area contributed by atoms with Gasteiger partial charge in [-0.05, 0) is 19.1 Å². The quantitative estimate of drug-likeness (QED) is 0.827. The van der Waals surface area contributed by atoms with Crippen LogP contribution in [-0.2, 0) is 0 Å². The summed E-state index contributed by atoms with van der Waals surface area (Å²) in [5.41, 5.74) is 1.45. The van der Waals surface area contributed by atoms with Gasteiger partial charge in [-0.3, -0.25) is 4.79 Å². The van der Waals surface area contributed by atoms with Gasteiger partial charge in [0.2, 0.25) is 5.95 Å². The van der Waals surface area contributed by atoms with E-state index in [0.29, 0.717) is 18.1 Å². The van der Waals surface area contributed by atoms with Crippen LogP contribution < -0.4 is 10.2 Å². The van der Waals surface area contributed by atoms with Gasteiger partial charge >= 0.3 is 0 Å². The minimum Gasteiger partial charge on any atom is -0.348 e. The Labute approximate surface area is 124 Å². The molecule has 0 fully saturated rings. The molecule has 2 aromatic rings. The molecule has 1 aromatic heterocycles. The summed E-state index contributed by atoms with van der Waals surface area (Å²) >= 11 is 0. The van der Waals surface area contributed by atoms with Crippen LogP contribution in [0.4, 0.5) is 11.6 Å². The molecule has 0 aliphatic rings. The number of rotatable bonds is 6. The van der Waals surface area contributed by atoms with Crippen LogP contribution in [0.5, 0.6) is 0 Å². The van der Waals surface area contributed by atoms with Crippen molar-refractivity contribution in [3.8, 4) is 0 Å². The van der Waals surface area contributed by atoms with Crippen LogP contribution in [0.25, 0.3) is 0 Å². The van der Waals surface area contributed by atoms with Crippen LogP contribution >= 0.6 is 0 Å². The fourth-order valence-corrected chi connectivity index (χ4v) is 1.89. The van der Waals surface area contributed by atoms with E-state index in [1.807, 2.05) is 42.2 Å². The van der Waals surface area contributed by atoms with Crippen molar-refractivity contribution in [1.29, 1.82) is 0 Å². The van der Waals surface area contributed by atoms with E-state index < -0.39 is 0 Å². The van der Waals surface area contributed by atoms with E-state index in [-0.39, 0.29) is 5.91 Å². The van der Waals surface area contributed by atoms with Crippen LogP contribution in [0, 0.1) is 0 Å². The largest absolute Gasteiger partial charge is 0.348 e. The predicted octanol–water partition coefficient (Wildman–Crippen LogP) is 2.55. The van der Waals surface area contributed by atoms with Gasteiger partial charge in [0.1, 0.15) is 0 Å². The second kappa shape index (κ2) is 7.19. The molecule has 0 bridgehead atoms. The summed E-state index contributed by atoms with van der Waals surface area (Å²) in [6.45, 7) is 6.75. The monoisotopic (exact) mass is 282 g/mol. The van der Waals surface area contributed by atoms with Gasteiger partial charge in [0.25, 0.3) is 5.91 Å². The number of para-hydroxylation sites is 1. The van der Waals surface area contributed by atoms with E-state index in [9.17, 15) is 4.79 Å². The highest BCUT2D eigenvalue weighted by molar-refractivity contribution is 5.93. The molecule has 0 aliphatic carbocycles. The van der Waals surface area contributed by atoms with E-state index in [1.165, 1.54) is 12.4 Å². The summed E-state index contributed by atoms with van der Waals surface area (Å²) < 4.78 is 0. The Morgan fingerprint density at radius 2 is 1.95 bits per heavy atom. The first-order valence-electron chi connectivity index (χ1n) is 6.80. The zero-order chi connectivity index (χ0) is 15.1. The minimum atomic E-state index is -0.204. The van der Waals surface area contributed by atoms with Crippen LogP contribution in [-0.4, -0.2) is 29.0 Å². The van der Waals surface area contributed by atoms with Crippen LogP contribution in [0.1, 0.15) is 17.3 Å². The van der Waals surface area contributed by atoms with Gasteiger partial charge in [-0.1, -0.05) is 24.3 Å². The number of hydrogen-bond donors (Lipinski definition) is 1. The Bertz CT molecular complexity index is 595. The van der Waals surface area contributed by atoms with E-state index in [0.717, 1.165) is 12.2 Å². The van der Waals surface area contributed by atoms with Crippen molar-refractivity contribution in [2.45, 2.75) is 6.92 Å². The lowest BCUT2D eigenvalue weighted by Gasteiger charge is -2.20. The number of carbonyl (C=O) groups excluding carboxylic acids is 1. The summed E-state index contributed by atoms with van der Waals surface area (Å²) in [6, 6.07) is 9.89. The third-order valence-corrected chi connectivity index (χ3v) is 2.93. The minimum absolute atomic E-state index is 0.204. The topological polar surface area (TPSA) is 58.1 Å². The van der Waals surface area contributed by atoms with Crippen LogP contribution in [0.15, 0.2) is 55.4 Å². The van der Waals surface area contributed by atoms with Crippen molar-refractivity contribution in [1.82, 2.24) is 15.3 Å². The standard InChI is InChI=1S/C16H18N4O/c1-3-10-17-15(21)13-11-18-16(19-12-13)20(4-2)14-8-6-5-7-9-14/h3,5-9,11-12H,1,4,10H2,2H3,(H,17,21). The molecular formula is C16H18N4O. The van der Waals surface area contributed by atoms with E-state index in [4.69, 9.17) is 0 Å². The molecule has 1 heterocycles. The fraction of sp³-hybridized carbons (Fsp3) is 0.188. The summed E-state index contributed by atoms with van der Waals surface area (Å²) in [5, 5.41) is 2.69. The van der Waals surface area contributed by atoms with Gasteiger partial charge in [0.15, 0.2) is 0 Å². The molecule has 0 saturated carbocycles. The van der Waals surface area contributed by atoms with Crippen molar-refractivity contribution in [3.63, 3.8) is 0 Å². The maximum Gasteiger partial charge on any atom is 0.254 e. The van der Waals surface area contributed by atoms with Gasteiger partial charge < -0.3 is 10.2 Å². The molecule has 0 atom stereocenters. The van der Waals surface area contributed by atoms with Gasteiger partial charge in [-0.25, -0.2) is 9.97 Å². The van der Waals surface area contributed by atoms with Gasteiger partial charge in [-0.15, -0.1) is 6.58 Å². The molecule has 0 unspecified atom stereocenters. The maximum absolute atomic E-state index is 11.8. The van der Waals surface area contributed by atoms with E-state index >= 15 is 0 Å². The average molecular weight is 282 g/mol. The van der Waals surface area contributed by atoms with Gasteiger partial charge in [0, 0.05) is 31.2 Å².